The predicted octanol–water partition coefficient (Wildman–Crippen LogP) is 4.50. The second kappa shape index (κ2) is 10.8. The van der Waals surface area contributed by atoms with Crippen LogP contribution in [0, 0.1) is 6.92 Å². The van der Waals surface area contributed by atoms with Crippen LogP contribution in [0.3, 0.4) is 0 Å². The molecule has 33 heavy (non-hydrogen) atoms. The number of benzene rings is 2. The van der Waals surface area contributed by atoms with Gasteiger partial charge in [-0.2, -0.15) is 0 Å². The Hall–Kier alpha value is -3.58. The average molecular weight is 468 g/mol. The van der Waals surface area contributed by atoms with Crippen molar-refractivity contribution in [2.24, 2.45) is 0 Å². The maximum Gasteiger partial charge on any atom is 0.261 e. The summed E-state index contributed by atoms with van der Waals surface area (Å²) in [5.41, 5.74) is 2.44. The smallest absolute Gasteiger partial charge is 0.261 e. The van der Waals surface area contributed by atoms with Crippen molar-refractivity contribution in [3.8, 4) is 17.0 Å². The highest BCUT2D eigenvalue weighted by Gasteiger charge is 2.15. The number of hydrogen-bond acceptors (Lipinski definition) is 4. The number of aromatic nitrogens is 1. The van der Waals surface area contributed by atoms with Crippen LogP contribution in [0.15, 0.2) is 59.4 Å². The molecule has 0 saturated heterocycles. The molecular weight excluding hydrogens is 442 g/mol. The van der Waals surface area contributed by atoms with E-state index >= 15 is 0 Å². The fourth-order valence-electron chi connectivity index (χ4n) is 3.33. The second-order valence-electron chi connectivity index (χ2n) is 7.44. The van der Waals surface area contributed by atoms with Crippen LogP contribution < -0.4 is 15.6 Å². The summed E-state index contributed by atoms with van der Waals surface area (Å²) in [6.45, 7) is 6.83. The minimum absolute atomic E-state index is 0.0207. The summed E-state index contributed by atoms with van der Waals surface area (Å²) >= 11 is 6.25. The molecule has 0 radical (unpaired) electrons. The summed E-state index contributed by atoms with van der Waals surface area (Å²) in [5, 5.41) is 2.90. The molecule has 0 aliphatic heterocycles. The summed E-state index contributed by atoms with van der Waals surface area (Å²) in [5.74, 6) is -0.370. The number of ether oxygens (including phenoxy) is 1. The molecule has 0 fully saturated rings. The number of rotatable bonds is 8. The van der Waals surface area contributed by atoms with E-state index in [1.165, 1.54) is 12.1 Å². The van der Waals surface area contributed by atoms with Crippen molar-refractivity contribution in [1.82, 2.24) is 9.88 Å². The average Bonchev–Trinajstić information content (AvgIpc) is 2.79. The first-order chi connectivity index (χ1) is 15.8. The van der Waals surface area contributed by atoms with Crippen LogP contribution >= 0.6 is 11.6 Å². The summed E-state index contributed by atoms with van der Waals surface area (Å²) in [6, 6.07) is 15.6. The molecule has 172 valence electrons. The van der Waals surface area contributed by atoms with Crippen LogP contribution in [0.5, 0.6) is 5.75 Å². The number of pyridine rings is 1. The number of carbonyl (C=O) groups excluding carboxylic acids is 2. The first-order valence-electron chi connectivity index (χ1n) is 10.6. The van der Waals surface area contributed by atoms with E-state index in [0.29, 0.717) is 30.2 Å². The topological polar surface area (TPSA) is 91.5 Å². The highest BCUT2D eigenvalue weighted by Crippen LogP contribution is 2.28. The number of anilines is 1. The summed E-state index contributed by atoms with van der Waals surface area (Å²) in [4.78, 5) is 41.6. The molecule has 3 rings (SSSR count). The zero-order valence-electron chi connectivity index (χ0n) is 18.8. The molecule has 0 atom stereocenters. The van der Waals surface area contributed by atoms with Gasteiger partial charge in [-0.3, -0.25) is 14.4 Å². The SMILES string of the molecule is CCN(CC)C(=O)COc1ccc(NC(=O)c2ccc(-c3cccc(C)c3)[nH]c2=O)cc1Cl. The Labute approximate surface area is 197 Å². The quantitative estimate of drug-likeness (QED) is 0.510. The van der Waals surface area contributed by atoms with E-state index in [1.54, 1.807) is 23.1 Å². The lowest BCUT2D eigenvalue weighted by atomic mass is 10.1. The lowest BCUT2D eigenvalue weighted by Crippen LogP contribution is -2.34. The highest BCUT2D eigenvalue weighted by atomic mass is 35.5. The minimum atomic E-state index is -0.562. The lowest BCUT2D eigenvalue weighted by molar-refractivity contribution is -0.132. The number of likely N-dealkylation sites (N-methyl/N-ethyl adjacent to an activating group) is 1. The number of amides is 2. The van der Waals surface area contributed by atoms with Gasteiger partial charge in [-0.1, -0.05) is 35.4 Å². The van der Waals surface area contributed by atoms with Crippen LogP contribution in [-0.4, -0.2) is 41.4 Å². The van der Waals surface area contributed by atoms with Crippen molar-refractivity contribution in [1.29, 1.82) is 0 Å². The molecule has 2 aromatic carbocycles. The molecule has 2 N–H and O–H groups in total. The number of aryl methyl sites for hydroxylation is 1. The number of carbonyl (C=O) groups is 2. The van der Waals surface area contributed by atoms with Gasteiger partial charge in [0.25, 0.3) is 17.4 Å². The van der Waals surface area contributed by atoms with Crippen LogP contribution in [0.2, 0.25) is 5.02 Å². The molecule has 7 nitrogen and oxygen atoms in total. The van der Waals surface area contributed by atoms with Crippen molar-refractivity contribution in [3.63, 3.8) is 0 Å². The van der Waals surface area contributed by atoms with Gasteiger partial charge in [-0.25, -0.2) is 0 Å². The Morgan fingerprint density at radius 2 is 1.82 bits per heavy atom. The number of halogens is 1. The lowest BCUT2D eigenvalue weighted by Gasteiger charge is -2.19. The monoisotopic (exact) mass is 467 g/mol. The van der Waals surface area contributed by atoms with Gasteiger partial charge in [-0.15, -0.1) is 0 Å². The Morgan fingerprint density at radius 3 is 2.45 bits per heavy atom. The predicted molar refractivity (Wildman–Crippen MR) is 130 cm³/mol. The van der Waals surface area contributed by atoms with Crippen LogP contribution in [0.25, 0.3) is 11.3 Å². The van der Waals surface area contributed by atoms with E-state index in [4.69, 9.17) is 16.3 Å². The van der Waals surface area contributed by atoms with E-state index in [-0.39, 0.29) is 23.1 Å². The molecule has 8 heteroatoms. The maximum absolute atomic E-state index is 12.6. The third-order valence-corrected chi connectivity index (χ3v) is 5.44. The highest BCUT2D eigenvalue weighted by molar-refractivity contribution is 6.32. The van der Waals surface area contributed by atoms with Crippen LogP contribution in [0.4, 0.5) is 5.69 Å². The van der Waals surface area contributed by atoms with Gasteiger partial charge < -0.3 is 19.9 Å². The fraction of sp³-hybridized carbons (Fsp3) is 0.240. The zero-order chi connectivity index (χ0) is 24.0. The van der Waals surface area contributed by atoms with E-state index < -0.39 is 11.5 Å². The molecule has 0 saturated carbocycles. The number of nitrogens with zero attached hydrogens (tertiary/aromatic N) is 1. The number of nitrogens with one attached hydrogen (secondary N) is 2. The van der Waals surface area contributed by atoms with Crippen molar-refractivity contribution in [2.45, 2.75) is 20.8 Å². The van der Waals surface area contributed by atoms with Gasteiger partial charge in [-0.05, 0) is 62.7 Å². The Balaban J connectivity index is 1.68. The van der Waals surface area contributed by atoms with E-state index in [0.717, 1.165) is 11.1 Å². The van der Waals surface area contributed by atoms with Gasteiger partial charge in [0.1, 0.15) is 11.3 Å². The van der Waals surface area contributed by atoms with Crippen molar-refractivity contribution in [3.05, 3.63) is 81.1 Å². The van der Waals surface area contributed by atoms with Gasteiger partial charge in [0.05, 0.1) is 5.02 Å². The summed E-state index contributed by atoms with van der Waals surface area (Å²) < 4.78 is 5.52. The zero-order valence-corrected chi connectivity index (χ0v) is 19.5. The molecule has 0 aliphatic rings. The standard InChI is InChI=1S/C25H26ClN3O4/c1-4-29(5-2)23(30)15-33-22-12-9-18(14-20(22)26)27-24(31)19-10-11-21(28-25(19)32)17-8-6-7-16(3)13-17/h6-14H,4-5,15H2,1-3H3,(H,27,31)(H,28,32). The number of H-pyrrole nitrogens is 1. The first-order valence-corrected chi connectivity index (χ1v) is 11.0. The summed E-state index contributed by atoms with van der Waals surface area (Å²) in [7, 11) is 0. The third kappa shape index (κ3) is 6.02. The van der Waals surface area contributed by atoms with Gasteiger partial charge in [0.2, 0.25) is 0 Å². The van der Waals surface area contributed by atoms with Gasteiger partial charge in [0, 0.05) is 24.5 Å². The summed E-state index contributed by atoms with van der Waals surface area (Å²) in [6.07, 6.45) is 0. The molecular formula is C25H26ClN3O4. The van der Waals surface area contributed by atoms with E-state index in [2.05, 4.69) is 10.3 Å². The largest absolute Gasteiger partial charge is 0.482 e. The number of hydrogen-bond donors (Lipinski definition) is 2. The molecule has 1 heterocycles. The van der Waals surface area contributed by atoms with Gasteiger partial charge >= 0.3 is 0 Å². The molecule has 0 aliphatic carbocycles. The Bertz CT molecular complexity index is 1220. The minimum Gasteiger partial charge on any atom is -0.482 e. The molecule has 1 aromatic heterocycles. The number of aromatic amines is 1. The normalized spacial score (nSPS) is 10.5. The van der Waals surface area contributed by atoms with Crippen molar-refractivity contribution in [2.75, 3.05) is 25.0 Å². The van der Waals surface area contributed by atoms with Crippen LogP contribution in [-0.2, 0) is 4.79 Å². The molecule has 3 aromatic rings. The molecule has 0 bridgehead atoms. The van der Waals surface area contributed by atoms with Crippen molar-refractivity contribution >= 4 is 29.1 Å². The molecule has 0 spiro atoms. The van der Waals surface area contributed by atoms with Crippen LogP contribution in [0.1, 0.15) is 29.8 Å². The molecule has 0 unspecified atom stereocenters. The van der Waals surface area contributed by atoms with Gasteiger partial charge in [0.15, 0.2) is 6.61 Å². The maximum atomic E-state index is 12.6. The van der Waals surface area contributed by atoms with E-state index in [1.807, 2.05) is 45.0 Å². The Kier molecular flexibility index (Phi) is 7.90. The van der Waals surface area contributed by atoms with E-state index in [9.17, 15) is 14.4 Å². The second-order valence-corrected chi connectivity index (χ2v) is 7.85. The third-order valence-electron chi connectivity index (χ3n) is 5.14. The van der Waals surface area contributed by atoms with Crippen molar-refractivity contribution < 1.29 is 14.3 Å². The molecule has 2 amide bonds. The first kappa shape index (κ1) is 24.1. The Morgan fingerprint density at radius 1 is 1.06 bits per heavy atom. The fourth-order valence-corrected chi connectivity index (χ4v) is 3.57.